The number of benzene rings is 2. The number of rotatable bonds is 13. The molecule has 0 aliphatic carbocycles. The number of nitrogens with one attached hydrogen (secondary N) is 1. The van der Waals surface area contributed by atoms with E-state index in [1.807, 2.05) is 38.1 Å². The van der Waals surface area contributed by atoms with Gasteiger partial charge in [-0.25, -0.2) is 8.42 Å². The maximum Gasteiger partial charge on any atom is 0.242 e. The summed E-state index contributed by atoms with van der Waals surface area (Å²) >= 11 is 9.61. The van der Waals surface area contributed by atoms with E-state index in [1.54, 1.807) is 19.1 Å². The molecule has 2 rings (SSSR count). The van der Waals surface area contributed by atoms with Gasteiger partial charge in [-0.3, -0.25) is 13.9 Å². The maximum absolute atomic E-state index is 13.3. The molecule has 0 fully saturated rings. The number of methoxy groups -OCH3 is 1. The number of anilines is 1. The zero-order chi connectivity index (χ0) is 27.8. The molecule has 2 aromatic carbocycles. The predicted octanol–water partition coefficient (Wildman–Crippen LogP) is 4.85. The van der Waals surface area contributed by atoms with Crippen LogP contribution in [0.15, 0.2) is 46.9 Å². The number of carbonyl (C=O) groups excluding carboxylic acids is 2. The van der Waals surface area contributed by atoms with Crippen molar-refractivity contribution in [3.8, 4) is 5.75 Å². The molecule has 0 bridgehead atoms. The van der Waals surface area contributed by atoms with E-state index in [0.29, 0.717) is 18.0 Å². The Kier molecular flexibility index (Phi) is 11.7. The molecule has 0 heterocycles. The van der Waals surface area contributed by atoms with Crippen LogP contribution in [0.1, 0.15) is 39.2 Å². The lowest BCUT2D eigenvalue weighted by molar-refractivity contribution is -0.140. The Labute approximate surface area is 233 Å². The van der Waals surface area contributed by atoms with Crippen molar-refractivity contribution in [2.24, 2.45) is 5.92 Å². The van der Waals surface area contributed by atoms with Crippen LogP contribution in [0.3, 0.4) is 0 Å². The molecule has 0 radical (unpaired) electrons. The second kappa shape index (κ2) is 14.0. The summed E-state index contributed by atoms with van der Waals surface area (Å²) < 4.78 is 32.3. The van der Waals surface area contributed by atoms with Gasteiger partial charge in [0.2, 0.25) is 21.8 Å². The molecular formula is C26H35BrClN3O5S. The van der Waals surface area contributed by atoms with Gasteiger partial charge in [0.05, 0.1) is 24.1 Å². The van der Waals surface area contributed by atoms with E-state index >= 15 is 0 Å². The average Bonchev–Trinajstić information content (AvgIpc) is 2.83. The van der Waals surface area contributed by atoms with Gasteiger partial charge in [-0.15, -0.1) is 0 Å². The number of nitrogens with zero attached hydrogens (tertiary/aromatic N) is 2. The number of hydrogen-bond donors (Lipinski definition) is 1. The molecule has 0 aromatic heterocycles. The molecule has 0 aliphatic rings. The first-order valence-electron chi connectivity index (χ1n) is 12.0. The number of hydrogen-bond acceptors (Lipinski definition) is 5. The van der Waals surface area contributed by atoms with E-state index in [0.717, 1.165) is 16.3 Å². The molecule has 2 amide bonds. The first-order chi connectivity index (χ1) is 17.3. The number of halogens is 2. The zero-order valence-electron chi connectivity index (χ0n) is 21.8. The van der Waals surface area contributed by atoms with Gasteiger partial charge in [0.1, 0.15) is 11.8 Å². The third-order valence-electron chi connectivity index (χ3n) is 5.69. The van der Waals surface area contributed by atoms with Crippen LogP contribution in [0.4, 0.5) is 5.69 Å². The van der Waals surface area contributed by atoms with E-state index in [4.69, 9.17) is 16.3 Å². The number of sulfonamides is 1. The van der Waals surface area contributed by atoms with Crippen LogP contribution in [0.5, 0.6) is 5.75 Å². The van der Waals surface area contributed by atoms with Crippen LogP contribution in [0.2, 0.25) is 5.02 Å². The lowest BCUT2D eigenvalue weighted by atomic mass is 10.1. The van der Waals surface area contributed by atoms with Crippen LogP contribution < -0.4 is 14.4 Å². The summed E-state index contributed by atoms with van der Waals surface area (Å²) in [6, 6.07) is 11.6. The standard InChI is InChI=1S/C26H35BrClN3O5S/c1-18(2)16-29-26(33)19(3)30(17-20-8-10-21(27)11-9-20)25(32)7-6-14-31(37(5,34)35)22-12-13-24(36-4)23(28)15-22/h8-13,15,18-19H,6-7,14,16-17H2,1-5H3,(H,29,33)/t19-/m1/s1. The highest BCUT2D eigenvalue weighted by Gasteiger charge is 2.27. The summed E-state index contributed by atoms with van der Waals surface area (Å²) in [4.78, 5) is 27.7. The summed E-state index contributed by atoms with van der Waals surface area (Å²) in [5, 5.41) is 3.18. The fourth-order valence-electron chi connectivity index (χ4n) is 3.64. The van der Waals surface area contributed by atoms with Gasteiger partial charge >= 0.3 is 0 Å². The molecule has 37 heavy (non-hydrogen) atoms. The number of ether oxygens (including phenoxy) is 1. The molecule has 11 heteroatoms. The van der Waals surface area contributed by atoms with Crippen LogP contribution in [-0.2, 0) is 26.2 Å². The second-order valence-electron chi connectivity index (χ2n) is 9.22. The maximum atomic E-state index is 13.3. The predicted molar refractivity (Wildman–Crippen MR) is 151 cm³/mol. The van der Waals surface area contributed by atoms with Crippen molar-refractivity contribution in [1.82, 2.24) is 10.2 Å². The molecule has 0 spiro atoms. The van der Waals surface area contributed by atoms with Crippen molar-refractivity contribution < 1.29 is 22.7 Å². The van der Waals surface area contributed by atoms with Crippen LogP contribution in [0, 0.1) is 5.92 Å². The molecule has 0 saturated heterocycles. The number of carbonyl (C=O) groups is 2. The summed E-state index contributed by atoms with van der Waals surface area (Å²) in [6.07, 6.45) is 1.43. The SMILES string of the molecule is COc1ccc(N(CCCC(=O)N(Cc2ccc(Br)cc2)[C@H](C)C(=O)NCC(C)C)S(C)(=O)=O)cc1Cl. The van der Waals surface area contributed by atoms with Gasteiger partial charge in [-0.05, 0) is 55.2 Å². The summed E-state index contributed by atoms with van der Waals surface area (Å²) in [5.74, 6) is 0.240. The third kappa shape index (κ3) is 9.50. The minimum Gasteiger partial charge on any atom is -0.495 e. The Balaban J connectivity index is 2.17. The molecular weight excluding hydrogens is 582 g/mol. The molecule has 204 valence electrons. The Morgan fingerprint density at radius 1 is 1.11 bits per heavy atom. The van der Waals surface area contributed by atoms with Crippen molar-refractivity contribution in [3.63, 3.8) is 0 Å². The van der Waals surface area contributed by atoms with Crippen molar-refractivity contribution >= 4 is 55.1 Å². The van der Waals surface area contributed by atoms with Gasteiger partial charge in [-0.1, -0.05) is 53.5 Å². The first-order valence-corrected chi connectivity index (χ1v) is 15.0. The van der Waals surface area contributed by atoms with E-state index in [1.165, 1.54) is 22.4 Å². The summed E-state index contributed by atoms with van der Waals surface area (Å²) in [6.45, 7) is 6.55. The van der Waals surface area contributed by atoms with E-state index in [9.17, 15) is 18.0 Å². The van der Waals surface area contributed by atoms with Gasteiger partial charge in [0.15, 0.2) is 0 Å². The average molecular weight is 617 g/mol. The monoisotopic (exact) mass is 615 g/mol. The summed E-state index contributed by atoms with van der Waals surface area (Å²) in [5.41, 5.74) is 1.26. The molecule has 0 saturated carbocycles. The quantitative estimate of drug-likeness (QED) is 0.347. The van der Waals surface area contributed by atoms with Gasteiger partial charge in [0, 0.05) is 30.5 Å². The minimum absolute atomic E-state index is 0.0637. The molecule has 0 unspecified atom stereocenters. The van der Waals surface area contributed by atoms with Gasteiger partial charge in [-0.2, -0.15) is 0 Å². The van der Waals surface area contributed by atoms with Crippen molar-refractivity contribution in [3.05, 3.63) is 57.5 Å². The lowest BCUT2D eigenvalue weighted by Gasteiger charge is -2.29. The normalized spacial score (nSPS) is 12.2. The van der Waals surface area contributed by atoms with Crippen LogP contribution in [0.25, 0.3) is 0 Å². The molecule has 1 N–H and O–H groups in total. The zero-order valence-corrected chi connectivity index (χ0v) is 25.0. The lowest BCUT2D eigenvalue weighted by Crippen LogP contribution is -2.48. The molecule has 1 atom stereocenters. The molecule has 8 nitrogen and oxygen atoms in total. The second-order valence-corrected chi connectivity index (χ2v) is 12.5. The Morgan fingerprint density at radius 2 is 1.76 bits per heavy atom. The van der Waals surface area contributed by atoms with E-state index in [2.05, 4.69) is 21.2 Å². The summed E-state index contributed by atoms with van der Waals surface area (Å²) in [7, 11) is -2.15. The fraction of sp³-hybridized carbons (Fsp3) is 0.462. The van der Waals surface area contributed by atoms with Crippen LogP contribution >= 0.6 is 27.5 Å². The molecule has 0 aliphatic heterocycles. The van der Waals surface area contributed by atoms with Crippen LogP contribution in [-0.4, -0.2) is 57.6 Å². The fourth-order valence-corrected chi connectivity index (χ4v) is 5.11. The van der Waals surface area contributed by atoms with Crippen molar-refractivity contribution in [1.29, 1.82) is 0 Å². The highest BCUT2D eigenvalue weighted by molar-refractivity contribution is 9.10. The van der Waals surface area contributed by atoms with Crippen molar-refractivity contribution in [2.75, 3.05) is 30.8 Å². The minimum atomic E-state index is -3.63. The Hall–Kier alpha value is -2.30. The molecule has 2 aromatic rings. The topological polar surface area (TPSA) is 96.0 Å². The Morgan fingerprint density at radius 3 is 2.30 bits per heavy atom. The largest absolute Gasteiger partial charge is 0.495 e. The van der Waals surface area contributed by atoms with Crippen molar-refractivity contribution in [2.45, 2.75) is 46.2 Å². The smallest absolute Gasteiger partial charge is 0.242 e. The van der Waals surface area contributed by atoms with E-state index < -0.39 is 16.1 Å². The third-order valence-corrected chi connectivity index (χ3v) is 7.71. The van der Waals surface area contributed by atoms with Gasteiger partial charge in [0.25, 0.3) is 0 Å². The van der Waals surface area contributed by atoms with E-state index in [-0.39, 0.29) is 48.7 Å². The Bertz CT molecular complexity index is 1180. The highest BCUT2D eigenvalue weighted by atomic mass is 79.9. The number of amides is 2. The highest BCUT2D eigenvalue weighted by Crippen LogP contribution is 2.30. The van der Waals surface area contributed by atoms with Gasteiger partial charge < -0.3 is 15.0 Å². The first kappa shape index (κ1) is 30.9.